The van der Waals surface area contributed by atoms with E-state index in [1.807, 2.05) is 0 Å². The molecule has 3 rings (SSSR count). The fourth-order valence-corrected chi connectivity index (χ4v) is 4.64. The Labute approximate surface area is 218 Å². The molecular weight excluding hydrogens is 542 g/mol. The molecule has 3 unspecified atom stereocenters. The van der Waals surface area contributed by atoms with Gasteiger partial charge in [-0.15, -0.1) is 0 Å². The summed E-state index contributed by atoms with van der Waals surface area (Å²) in [6, 6.07) is 2.35. The molecule has 0 aliphatic carbocycles. The number of halogens is 8. The Hall–Kier alpha value is -3.38. The molecule has 1 aliphatic rings. The summed E-state index contributed by atoms with van der Waals surface area (Å²) in [5, 5.41) is 10.1. The van der Waals surface area contributed by atoms with Crippen molar-refractivity contribution in [3.8, 4) is 0 Å². The van der Waals surface area contributed by atoms with Crippen LogP contribution in [0.5, 0.6) is 0 Å². The van der Waals surface area contributed by atoms with Gasteiger partial charge in [0.15, 0.2) is 0 Å². The molecule has 0 aromatic heterocycles. The van der Waals surface area contributed by atoms with Crippen molar-refractivity contribution in [3.63, 3.8) is 0 Å². The molecule has 1 aliphatic heterocycles. The van der Waals surface area contributed by atoms with Crippen molar-refractivity contribution >= 4 is 12.1 Å². The maximum atomic E-state index is 15.7. The van der Waals surface area contributed by atoms with Crippen LogP contribution in [0.15, 0.2) is 48.5 Å². The van der Waals surface area contributed by atoms with Gasteiger partial charge in [-0.05, 0) is 56.2 Å². The van der Waals surface area contributed by atoms with Gasteiger partial charge in [0, 0.05) is 6.42 Å². The lowest BCUT2D eigenvalue weighted by Gasteiger charge is -2.48. The molecule has 5 nitrogen and oxygen atoms in total. The number of benzene rings is 2. The summed E-state index contributed by atoms with van der Waals surface area (Å²) in [4.78, 5) is 25.6. The first-order chi connectivity index (χ1) is 17.7. The van der Waals surface area contributed by atoms with Crippen LogP contribution in [-0.2, 0) is 21.9 Å². The van der Waals surface area contributed by atoms with Gasteiger partial charge in [-0.2, -0.15) is 26.3 Å². The van der Waals surface area contributed by atoms with Crippen LogP contribution in [0.4, 0.5) is 39.9 Å². The summed E-state index contributed by atoms with van der Waals surface area (Å²) < 4.78 is 115. The average Bonchev–Trinajstić information content (AvgIpc) is 2.77. The monoisotopic (exact) mass is 567 g/mol. The predicted octanol–water partition coefficient (Wildman–Crippen LogP) is 7.87. The summed E-state index contributed by atoms with van der Waals surface area (Å²) in [6.07, 6.45) is -13.4. The summed E-state index contributed by atoms with van der Waals surface area (Å²) in [7, 11) is 0. The number of ether oxygens (including phenoxy) is 1. The minimum Gasteiger partial charge on any atom is -0.465 e. The minimum absolute atomic E-state index is 0.183. The van der Waals surface area contributed by atoms with E-state index in [0.717, 1.165) is 24.3 Å². The number of likely N-dealkylation sites (tertiary alicyclic amines) is 1. The molecule has 39 heavy (non-hydrogen) atoms. The summed E-state index contributed by atoms with van der Waals surface area (Å²) >= 11 is 0. The van der Waals surface area contributed by atoms with Gasteiger partial charge >= 0.3 is 24.4 Å². The Balaban J connectivity index is 2.14. The number of alkyl halides is 8. The zero-order valence-corrected chi connectivity index (χ0v) is 20.9. The van der Waals surface area contributed by atoms with Crippen molar-refractivity contribution in [3.05, 3.63) is 70.8 Å². The van der Waals surface area contributed by atoms with E-state index in [2.05, 4.69) is 0 Å². The van der Waals surface area contributed by atoms with Gasteiger partial charge in [0.2, 0.25) is 0 Å². The fraction of sp³-hybridized carbons (Fsp3) is 0.462. The molecule has 0 radical (unpaired) electrons. The quantitative estimate of drug-likeness (QED) is 0.302. The second-order valence-corrected chi connectivity index (χ2v) is 10.3. The number of hydrogen-bond donors (Lipinski definition) is 1. The highest BCUT2D eigenvalue weighted by Crippen LogP contribution is 2.54. The first-order valence-corrected chi connectivity index (χ1v) is 11.7. The summed E-state index contributed by atoms with van der Waals surface area (Å²) in [5.41, 5.74) is -3.70. The van der Waals surface area contributed by atoms with Crippen molar-refractivity contribution in [2.45, 2.75) is 69.6 Å². The Bertz CT molecular complexity index is 1180. The Kier molecular flexibility index (Phi) is 7.97. The zero-order valence-electron chi connectivity index (χ0n) is 20.9. The molecule has 0 bridgehead atoms. The van der Waals surface area contributed by atoms with Gasteiger partial charge in [-0.25, -0.2) is 13.6 Å². The van der Waals surface area contributed by atoms with Gasteiger partial charge in [0.05, 0.1) is 35.5 Å². The third-order valence-electron chi connectivity index (χ3n) is 6.25. The molecule has 0 saturated carbocycles. The molecule has 1 amide bonds. The second kappa shape index (κ2) is 10.3. The molecule has 0 spiro atoms. The van der Waals surface area contributed by atoms with Crippen LogP contribution in [0.1, 0.15) is 68.0 Å². The number of esters is 1. The highest BCUT2D eigenvalue weighted by molar-refractivity contribution is 5.71. The van der Waals surface area contributed by atoms with Gasteiger partial charge in [0.1, 0.15) is 5.60 Å². The van der Waals surface area contributed by atoms with Crippen LogP contribution in [-0.4, -0.2) is 33.6 Å². The van der Waals surface area contributed by atoms with Crippen molar-refractivity contribution in [2.24, 2.45) is 5.92 Å². The molecule has 3 atom stereocenters. The maximum absolute atomic E-state index is 15.7. The summed E-state index contributed by atoms with van der Waals surface area (Å²) in [6.45, 7) is 4.46. The predicted molar refractivity (Wildman–Crippen MR) is 122 cm³/mol. The normalized spacial score (nSPS) is 21.9. The lowest BCUT2D eigenvalue weighted by atomic mass is 9.75. The number of nitrogens with zero attached hydrogens (tertiary/aromatic N) is 1. The highest BCUT2D eigenvalue weighted by atomic mass is 19.4. The Morgan fingerprint density at radius 3 is 1.69 bits per heavy atom. The molecule has 2 aromatic carbocycles. The van der Waals surface area contributed by atoms with Crippen molar-refractivity contribution in [1.82, 2.24) is 4.90 Å². The number of piperidine rings is 1. The van der Waals surface area contributed by atoms with E-state index in [1.54, 1.807) is 0 Å². The molecule has 1 saturated heterocycles. The first-order valence-electron chi connectivity index (χ1n) is 11.7. The first kappa shape index (κ1) is 30.2. The van der Waals surface area contributed by atoms with E-state index < -0.39 is 77.9 Å². The lowest BCUT2D eigenvalue weighted by molar-refractivity contribution is -0.175. The van der Waals surface area contributed by atoms with E-state index in [1.165, 1.54) is 20.8 Å². The number of rotatable bonds is 4. The largest absolute Gasteiger partial charge is 0.465 e. The molecule has 2 aromatic rings. The van der Waals surface area contributed by atoms with Gasteiger partial charge in [-0.3, -0.25) is 9.69 Å². The van der Waals surface area contributed by atoms with Crippen LogP contribution < -0.4 is 0 Å². The van der Waals surface area contributed by atoms with E-state index >= 15 is 8.78 Å². The highest BCUT2D eigenvalue weighted by Gasteiger charge is 2.57. The standard InChI is InChI=1S/C26H25F8NO4/c1-23(2,3)39-20(36)12-18-21(15-6-10-17(11-7-15)26(32,33)34)35(22(37)38)19(13-24(18,27)28)14-4-8-16(9-5-14)25(29,30)31/h4-11,18-19,21H,12-13H2,1-3H3,(H,37,38). The van der Waals surface area contributed by atoms with Crippen LogP contribution in [0.2, 0.25) is 0 Å². The molecule has 1 N–H and O–H groups in total. The van der Waals surface area contributed by atoms with Crippen LogP contribution >= 0.6 is 0 Å². The SMILES string of the molecule is CC(C)(C)OC(=O)CC1C(c2ccc(C(F)(F)F)cc2)N(C(=O)O)C(c2ccc(C(F)(F)F)cc2)CC1(F)F. The summed E-state index contributed by atoms with van der Waals surface area (Å²) in [5.74, 6) is -6.91. The van der Waals surface area contributed by atoms with Crippen molar-refractivity contribution in [1.29, 1.82) is 0 Å². The van der Waals surface area contributed by atoms with Crippen LogP contribution in [0, 0.1) is 5.92 Å². The lowest BCUT2D eigenvalue weighted by Crippen LogP contribution is -2.53. The molecular formula is C26H25F8NO4. The zero-order chi connectivity index (χ0) is 29.6. The molecule has 1 fully saturated rings. The number of hydrogen-bond acceptors (Lipinski definition) is 3. The number of carboxylic acid groups (broad SMARTS) is 1. The van der Waals surface area contributed by atoms with Gasteiger partial charge < -0.3 is 9.84 Å². The average molecular weight is 567 g/mol. The maximum Gasteiger partial charge on any atom is 0.416 e. The van der Waals surface area contributed by atoms with Crippen molar-refractivity contribution in [2.75, 3.05) is 0 Å². The third kappa shape index (κ3) is 6.99. The number of carbonyl (C=O) groups excluding carboxylic acids is 1. The van der Waals surface area contributed by atoms with Crippen LogP contribution in [0.3, 0.4) is 0 Å². The van der Waals surface area contributed by atoms with Crippen LogP contribution in [0.25, 0.3) is 0 Å². The Morgan fingerprint density at radius 2 is 1.31 bits per heavy atom. The van der Waals surface area contributed by atoms with Crippen molar-refractivity contribution < 1.29 is 54.6 Å². The second-order valence-electron chi connectivity index (χ2n) is 10.3. The molecule has 1 heterocycles. The Morgan fingerprint density at radius 1 is 0.872 bits per heavy atom. The fourth-order valence-electron chi connectivity index (χ4n) is 4.64. The van der Waals surface area contributed by atoms with E-state index in [-0.39, 0.29) is 11.1 Å². The van der Waals surface area contributed by atoms with Gasteiger partial charge in [-0.1, -0.05) is 24.3 Å². The number of carbonyl (C=O) groups is 2. The van der Waals surface area contributed by atoms with Gasteiger partial charge in [0.25, 0.3) is 5.92 Å². The minimum atomic E-state index is -4.76. The number of amides is 1. The molecule has 13 heteroatoms. The molecule has 214 valence electrons. The smallest absolute Gasteiger partial charge is 0.416 e. The third-order valence-corrected chi connectivity index (χ3v) is 6.25. The topological polar surface area (TPSA) is 66.8 Å². The van der Waals surface area contributed by atoms with E-state index in [4.69, 9.17) is 4.74 Å². The van der Waals surface area contributed by atoms with E-state index in [9.17, 15) is 41.0 Å². The van der Waals surface area contributed by atoms with E-state index in [0.29, 0.717) is 29.2 Å².